The van der Waals surface area contributed by atoms with Gasteiger partial charge in [-0.3, -0.25) is 4.79 Å². The molecule has 2 aromatic rings. The number of nitrogens with zero attached hydrogens (tertiary/aromatic N) is 3. The number of para-hydroxylation sites is 2. The third-order valence-electron chi connectivity index (χ3n) is 4.50. The van der Waals surface area contributed by atoms with Gasteiger partial charge in [0.2, 0.25) is 5.91 Å². The van der Waals surface area contributed by atoms with Crippen molar-refractivity contribution in [2.45, 2.75) is 38.4 Å². The minimum Gasteiger partial charge on any atom is -0.383 e. The number of aromatic nitrogens is 2. The maximum Gasteiger partial charge on any atom is 0.242 e. The number of methoxy groups -OCH3 is 1. The van der Waals surface area contributed by atoms with Crippen molar-refractivity contribution >= 4 is 16.9 Å². The summed E-state index contributed by atoms with van der Waals surface area (Å²) in [6.07, 6.45) is 1.90. The Labute approximate surface area is 136 Å². The van der Waals surface area contributed by atoms with Crippen LogP contribution in [0.5, 0.6) is 0 Å². The lowest BCUT2D eigenvalue weighted by atomic mass is 10.2. The first-order valence-electron chi connectivity index (χ1n) is 8.17. The highest BCUT2D eigenvalue weighted by Crippen LogP contribution is 2.33. The van der Waals surface area contributed by atoms with Gasteiger partial charge < -0.3 is 19.9 Å². The van der Waals surface area contributed by atoms with Crippen molar-refractivity contribution in [2.75, 3.05) is 20.3 Å². The fourth-order valence-corrected chi connectivity index (χ4v) is 3.44. The van der Waals surface area contributed by atoms with E-state index in [4.69, 9.17) is 15.5 Å². The van der Waals surface area contributed by atoms with Crippen LogP contribution in [-0.4, -0.2) is 46.7 Å². The van der Waals surface area contributed by atoms with Crippen molar-refractivity contribution in [3.63, 3.8) is 0 Å². The Bertz CT molecular complexity index is 697. The molecular formula is C17H24N4O2. The summed E-state index contributed by atoms with van der Waals surface area (Å²) in [5, 5.41) is 0. The second-order valence-electron chi connectivity index (χ2n) is 5.95. The molecule has 6 heteroatoms. The van der Waals surface area contributed by atoms with Crippen LogP contribution >= 0.6 is 0 Å². The van der Waals surface area contributed by atoms with Crippen molar-refractivity contribution in [3.05, 3.63) is 30.1 Å². The predicted octanol–water partition coefficient (Wildman–Crippen LogP) is 1.69. The topological polar surface area (TPSA) is 73.4 Å². The van der Waals surface area contributed by atoms with E-state index in [0.29, 0.717) is 0 Å². The van der Waals surface area contributed by atoms with Gasteiger partial charge in [-0.1, -0.05) is 12.1 Å². The van der Waals surface area contributed by atoms with Crippen LogP contribution in [0.4, 0.5) is 0 Å². The van der Waals surface area contributed by atoms with Gasteiger partial charge in [0.15, 0.2) is 0 Å². The average Bonchev–Trinajstić information content (AvgIpc) is 3.17. The van der Waals surface area contributed by atoms with E-state index in [1.165, 1.54) is 0 Å². The molecule has 0 saturated carbocycles. The standard InChI is InChI=1S/C17H24N4O2/c1-3-20-14-8-5-4-7-13(14)19-16(20)15-9-6-10-21(15)17(22)12(18)11-23-2/h4-5,7-8,12,15H,3,6,9-11,18H2,1-2H3. The van der Waals surface area contributed by atoms with Gasteiger partial charge in [0.05, 0.1) is 23.7 Å². The first kappa shape index (κ1) is 16.0. The monoisotopic (exact) mass is 316 g/mol. The lowest BCUT2D eigenvalue weighted by Crippen LogP contribution is -2.46. The molecule has 1 aromatic heterocycles. The smallest absolute Gasteiger partial charge is 0.242 e. The fraction of sp³-hybridized carbons (Fsp3) is 0.529. The summed E-state index contributed by atoms with van der Waals surface area (Å²) in [4.78, 5) is 19.3. The number of carbonyl (C=O) groups is 1. The highest BCUT2D eigenvalue weighted by Gasteiger charge is 2.35. The molecule has 2 unspecified atom stereocenters. The largest absolute Gasteiger partial charge is 0.383 e. The van der Waals surface area contributed by atoms with E-state index in [-0.39, 0.29) is 18.6 Å². The Morgan fingerprint density at radius 3 is 3.00 bits per heavy atom. The van der Waals surface area contributed by atoms with E-state index >= 15 is 0 Å². The van der Waals surface area contributed by atoms with Crippen molar-refractivity contribution in [1.82, 2.24) is 14.5 Å². The second kappa shape index (κ2) is 6.68. The van der Waals surface area contributed by atoms with Gasteiger partial charge in [0.1, 0.15) is 11.9 Å². The van der Waals surface area contributed by atoms with Gasteiger partial charge in [-0.2, -0.15) is 0 Å². The molecular weight excluding hydrogens is 292 g/mol. The molecule has 1 amide bonds. The van der Waals surface area contributed by atoms with Gasteiger partial charge in [0, 0.05) is 20.2 Å². The molecule has 6 nitrogen and oxygen atoms in total. The van der Waals surface area contributed by atoms with Gasteiger partial charge in [-0.05, 0) is 31.9 Å². The highest BCUT2D eigenvalue weighted by molar-refractivity contribution is 5.83. The molecule has 1 fully saturated rings. The molecule has 1 saturated heterocycles. The molecule has 0 bridgehead atoms. The zero-order valence-electron chi connectivity index (χ0n) is 13.7. The van der Waals surface area contributed by atoms with Crippen molar-refractivity contribution in [3.8, 4) is 0 Å². The van der Waals surface area contributed by atoms with E-state index in [0.717, 1.165) is 42.8 Å². The predicted molar refractivity (Wildman–Crippen MR) is 88.9 cm³/mol. The number of nitrogens with two attached hydrogens (primary N) is 1. The van der Waals surface area contributed by atoms with E-state index in [1.807, 2.05) is 23.1 Å². The van der Waals surface area contributed by atoms with Crippen LogP contribution in [0.25, 0.3) is 11.0 Å². The Hall–Kier alpha value is -1.92. The maximum absolute atomic E-state index is 12.6. The Kier molecular flexibility index (Phi) is 4.63. The van der Waals surface area contributed by atoms with E-state index in [9.17, 15) is 4.79 Å². The van der Waals surface area contributed by atoms with Crippen LogP contribution in [-0.2, 0) is 16.1 Å². The number of amides is 1. The van der Waals surface area contributed by atoms with Crippen LogP contribution in [0.1, 0.15) is 31.6 Å². The number of rotatable bonds is 5. The number of fused-ring (bicyclic) bond motifs is 1. The van der Waals surface area contributed by atoms with Crippen LogP contribution in [0, 0.1) is 0 Å². The van der Waals surface area contributed by atoms with Gasteiger partial charge in [-0.15, -0.1) is 0 Å². The molecule has 1 aromatic carbocycles. The number of imidazole rings is 1. The van der Waals surface area contributed by atoms with Crippen LogP contribution in [0.3, 0.4) is 0 Å². The lowest BCUT2D eigenvalue weighted by molar-refractivity contribution is -0.134. The number of aryl methyl sites for hydroxylation is 1. The zero-order chi connectivity index (χ0) is 16.4. The summed E-state index contributed by atoms with van der Waals surface area (Å²) in [6, 6.07) is 7.49. The quantitative estimate of drug-likeness (QED) is 0.911. The third kappa shape index (κ3) is 2.84. The van der Waals surface area contributed by atoms with E-state index in [2.05, 4.69) is 17.6 Å². The molecule has 1 aliphatic heterocycles. The number of hydrogen-bond acceptors (Lipinski definition) is 4. The van der Waals surface area contributed by atoms with E-state index < -0.39 is 6.04 Å². The van der Waals surface area contributed by atoms with Crippen LogP contribution in [0.2, 0.25) is 0 Å². The zero-order valence-corrected chi connectivity index (χ0v) is 13.7. The minimum absolute atomic E-state index is 0.00208. The van der Waals surface area contributed by atoms with Crippen LogP contribution in [0.15, 0.2) is 24.3 Å². The SMILES string of the molecule is CCn1c(C2CCCN2C(=O)C(N)COC)nc2ccccc21. The molecule has 2 heterocycles. The summed E-state index contributed by atoms with van der Waals surface area (Å²) in [7, 11) is 1.56. The summed E-state index contributed by atoms with van der Waals surface area (Å²) in [5.41, 5.74) is 8.04. The second-order valence-corrected chi connectivity index (χ2v) is 5.95. The van der Waals surface area contributed by atoms with Gasteiger partial charge >= 0.3 is 0 Å². The summed E-state index contributed by atoms with van der Waals surface area (Å²) < 4.78 is 7.23. The minimum atomic E-state index is -0.611. The number of hydrogen-bond donors (Lipinski definition) is 1. The number of benzene rings is 1. The summed E-state index contributed by atoms with van der Waals surface area (Å²) >= 11 is 0. The summed E-state index contributed by atoms with van der Waals surface area (Å²) in [5.74, 6) is 0.910. The normalized spacial score (nSPS) is 19.4. The number of ether oxygens (including phenoxy) is 1. The maximum atomic E-state index is 12.6. The molecule has 0 aliphatic carbocycles. The van der Waals surface area contributed by atoms with Crippen LogP contribution < -0.4 is 5.73 Å². The molecule has 1 aliphatic rings. The number of carbonyl (C=O) groups excluding carboxylic acids is 1. The summed E-state index contributed by atoms with van der Waals surface area (Å²) in [6.45, 7) is 3.91. The average molecular weight is 316 g/mol. The molecule has 0 spiro atoms. The Morgan fingerprint density at radius 2 is 2.26 bits per heavy atom. The Balaban J connectivity index is 1.95. The molecule has 3 rings (SSSR count). The fourth-order valence-electron chi connectivity index (χ4n) is 3.44. The lowest BCUT2D eigenvalue weighted by Gasteiger charge is -2.27. The molecule has 23 heavy (non-hydrogen) atoms. The van der Waals surface area contributed by atoms with Gasteiger partial charge in [0.25, 0.3) is 0 Å². The number of likely N-dealkylation sites (tertiary alicyclic amines) is 1. The Morgan fingerprint density at radius 1 is 1.48 bits per heavy atom. The molecule has 2 N–H and O–H groups in total. The van der Waals surface area contributed by atoms with Gasteiger partial charge in [-0.25, -0.2) is 4.98 Å². The highest BCUT2D eigenvalue weighted by atomic mass is 16.5. The first-order valence-corrected chi connectivity index (χ1v) is 8.17. The van der Waals surface area contributed by atoms with Crippen molar-refractivity contribution in [2.24, 2.45) is 5.73 Å². The molecule has 124 valence electrons. The van der Waals surface area contributed by atoms with E-state index in [1.54, 1.807) is 7.11 Å². The van der Waals surface area contributed by atoms with Crippen molar-refractivity contribution < 1.29 is 9.53 Å². The molecule has 0 radical (unpaired) electrons. The third-order valence-corrected chi connectivity index (χ3v) is 4.50. The van der Waals surface area contributed by atoms with Crippen molar-refractivity contribution in [1.29, 1.82) is 0 Å². The first-order chi connectivity index (χ1) is 11.2. The molecule has 2 atom stereocenters.